The highest BCUT2D eigenvalue weighted by molar-refractivity contribution is 5.25. The van der Waals surface area contributed by atoms with Crippen molar-refractivity contribution in [2.24, 2.45) is 5.92 Å². The second-order valence-electron chi connectivity index (χ2n) is 3.75. The summed E-state index contributed by atoms with van der Waals surface area (Å²) in [7, 11) is 0. The Bertz CT molecular complexity index is 216. The first-order chi connectivity index (χ1) is 5.41. The van der Waals surface area contributed by atoms with Crippen LogP contribution >= 0.6 is 0 Å². The summed E-state index contributed by atoms with van der Waals surface area (Å²) < 4.78 is 0. The molecule has 0 bridgehead atoms. The molecule has 0 aromatic heterocycles. The molecule has 60 valence electrons. The van der Waals surface area contributed by atoms with Gasteiger partial charge in [0.1, 0.15) is 0 Å². The zero-order valence-corrected chi connectivity index (χ0v) is 6.51. The summed E-state index contributed by atoms with van der Waals surface area (Å²) in [5, 5.41) is 0. The lowest BCUT2D eigenvalue weighted by atomic mass is 9.89. The van der Waals surface area contributed by atoms with Crippen molar-refractivity contribution in [3.05, 3.63) is 11.6 Å². The number of hydrogen-bond donors (Lipinski definition) is 0. The highest BCUT2D eigenvalue weighted by Gasteiger charge is 2.58. The van der Waals surface area contributed by atoms with Gasteiger partial charge in [0.25, 0.3) is 5.79 Å². The highest BCUT2D eigenvalue weighted by Crippen LogP contribution is 2.54. The molecule has 3 rings (SSSR count). The molecule has 1 saturated carbocycles. The van der Waals surface area contributed by atoms with Gasteiger partial charge in [0.2, 0.25) is 0 Å². The molecular weight excluding hydrogens is 140 g/mol. The minimum absolute atomic E-state index is 0.203. The third kappa shape index (κ3) is 0.741. The molecule has 0 aromatic rings. The largest absolute Gasteiger partial charge is 0.255 e. The van der Waals surface area contributed by atoms with E-state index in [9.17, 15) is 0 Å². The lowest BCUT2D eigenvalue weighted by Gasteiger charge is -2.16. The van der Waals surface area contributed by atoms with Crippen LogP contribution in [0.15, 0.2) is 11.6 Å². The topological polar surface area (TPSA) is 25.1 Å². The van der Waals surface area contributed by atoms with Gasteiger partial charge < -0.3 is 0 Å². The van der Waals surface area contributed by atoms with Crippen molar-refractivity contribution in [1.29, 1.82) is 0 Å². The van der Waals surface area contributed by atoms with E-state index >= 15 is 0 Å². The maximum absolute atomic E-state index is 5.06. The first-order valence-electron chi connectivity index (χ1n) is 4.48. The van der Waals surface area contributed by atoms with E-state index in [0.717, 1.165) is 12.3 Å². The highest BCUT2D eigenvalue weighted by atomic mass is 17.4. The van der Waals surface area contributed by atoms with E-state index in [2.05, 4.69) is 6.08 Å². The summed E-state index contributed by atoms with van der Waals surface area (Å²) in [6.07, 6.45) is 8.61. The first-order valence-corrected chi connectivity index (χ1v) is 4.48. The van der Waals surface area contributed by atoms with Crippen LogP contribution in [-0.2, 0) is 9.78 Å². The van der Waals surface area contributed by atoms with Gasteiger partial charge in [0, 0.05) is 6.42 Å². The van der Waals surface area contributed by atoms with Crippen LogP contribution < -0.4 is 0 Å². The smallest absolute Gasteiger partial charge is 0.190 e. The van der Waals surface area contributed by atoms with E-state index in [1.165, 1.54) is 31.3 Å². The molecule has 0 radical (unpaired) electrons. The van der Waals surface area contributed by atoms with Gasteiger partial charge >= 0.3 is 0 Å². The Morgan fingerprint density at radius 1 is 1.36 bits per heavy atom. The van der Waals surface area contributed by atoms with Gasteiger partial charge in [-0.2, -0.15) is 9.78 Å². The summed E-state index contributed by atoms with van der Waals surface area (Å²) >= 11 is 0. The predicted octanol–water partition coefficient (Wildman–Crippen LogP) is 2.16. The average Bonchev–Trinajstić information content (AvgIpc) is 2.72. The van der Waals surface area contributed by atoms with Gasteiger partial charge in [-0.25, -0.2) is 0 Å². The van der Waals surface area contributed by atoms with Crippen LogP contribution in [0.4, 0.5) is 0 Å². The molecule has 11 heavy (non-hydrogen) atoms. The van der Waals surface area contributed by atoms with Crippen molar-refractivity contribution in [3.63, 3.8) is 0 Å². The van der Waals surface area contributed by atoms with E-state index in [4.69, 9.17) is 9.78 Å². The van der Waals surface area contributed by atoms with Crippen molar-refractivity contribution in [1.82, 2.24) is 0 Å². The van der Waals surface area contributed by atoms with Crippen molar-refractivity contribution in [2.75, 3.05) is 0 Å². The van der Waals surface area contributed by atoms with Crippen molar-refractivity contribution in [2.45, 2.75) is 37.9 Å². The summed E-state index contributed by atoms with van der Waals surface area (Å²) in [5.74, 6) is 0.580. The van der Waals surface area contributed by atoms with Gasteiger partial charge in [-0.1, -0.05) is 6.08 Å². The predicted molar refractivity (Wildman–Crippen MR) is 39.6 cm³/mol. The van der Waals surface area contributed by atoms with Crippen LogP contribution in [0.1, 0.15) is 32.1 Å². The molecule has 2 fully saturated rings. The van der Waals surface area contributed by atoms with E-state index < -0.39 is 0 Å². The van der Waals surface area contributed by atoms with E-state index in [-0.39, 0.29) is 5.79 Å². The fourth-order valence-corrected chi connectivity index (χ4v) is 2.45. The Morgan fingerprint density at radius 3 is 3.09 bits per heavy atom. The SMILES string of the molecule is C1=C2C(CCC1)CCC21OO1. The van der Waals surface area contributed by atoms with Crippen molar-refractivity contribution in [3.8, 4) is 0 Å². The van der Waals surface area contributed by atoms with E-state index in [0.29, 0.717) is 0 Å². The number of hydrogen-bond acceptors (Lipinski definition) is 2. The quantitative estimate of drug-likeness (QED) is 0.302. The Morgan fingerprint density at radius 2 is 2.27 bits per heavy atom. The molecule has 1 atom stereocenters. The zero-order chi connectivity index (χ0) is 7.31. The Hall–Kier alpha value is -0.340. The molecule has 2 nitrogen and oxygen atoms in total. The van der Waals surface area contributed by atoms with Crippen LogP contribution in [0, 0.1) is 5.92 Å². The number of fused-ring (bicyclic) bond motifs is 2. The molecule has 1 aliphatic heterocycles. The molecule has 1 saturated heterocycles. The number of allylic oxidation sites excluding steroid dienone is 1. The summed E-state index contributed by atoms with van der Waals surface area (Å²) in [6.45, 7) is 0. The third-order valence-corrected chi connectivity index (χ3v) is 3.11. The Balaban J connectivity index is 1.97. The minimum atomic E-state index is -0.203. The molecule has 1 spiro atoms. The fraction of sp³-hybridized carbons (Fsp3) is 0.778. The van der Waals surface area contributed by atoms with Crippen molar-refractivity contribution >= 4 is 0 Å². The van der Waals surface area contributed by atoms with Crippen molar-refractivity contribution < 1.29 is 9.78 Å². The lowest BCUT2D eigenvalue weighted by Crippen LogP contribution is -2.12. The van der Waals surface area contributed by atoms with Gasteiger partial charge in [-0.3, -0.25) is 0 Å². The summed E-state index contributed by atoms with van der Waals surface area (Å²) in [4.78, 5) is 10.1. The molecule has 3 aliphatic rings. The Labute approximate surface area is 66.1 Å². The normalized spacial score (nSPS) is 38.5. The van der Waals surface area contributed by atoms with Crippen LogP contribution in [0.2, 0.25) is 0 Å². The molecule has 2 aliphatic carbocycles. The molecule has 0 amide bonds. The number of rotatable bonds is 0. The van der Waals surface area contributed by atoms with E-state index in [1.54, 1.807) is 0 Å². The van der Waals surface area contributed by atoms with Crippen LogP contribution in [0.5, 0.6) is 0 Å². The van der Waals surface area contributed by atoms with Crippen LogP contribution in [0.3, 0.4) is 0 Å². The molecule has 0 N–H and O–H groups in total. The van der Waals surface area contributed by atoms with Gasteiger partial charge in [0.15, 0.2) is 0 Å². The monoisotopic (exact) mass is 152 g/mol. The second-order valence-corrected chi connectivity index (χ2v) is 3.75. The standard InChI is InChI=1S/C9H12O2/c1-2-4-8-7(3-1)5-6-9(8)10-11-9/h4,7H,1-3,5-6H2. The lowest BCUT2D eigenvalue weighted by molar-refractivity contribution is 0.0850. The van der Waals surface area contributed by atoms with Gasteiger partial charge in [0.05, 0.1) is 0 Å². The molecule has 1 unspecified atom stereocenters. The van der Waals surface area contributed by atoms with Crippen LogP contribution in [-0.4, -0.2) is 5.79 Å². The maximum Gasteiger partial charge on any atom is 0.255 e. The Kier molecular flexibility index (Phi) is 1.06. The average molecular weight is 152 g/mol. The molecule has 1 heterocycles. The third-order valence-electron chi connectivity index (χ3n) is 3.11. The van der Waals surface area contributed by atoms with Gasteiger partial charge in [-0.15, -0.1) is 0 Å². The fourth-order valence-electron chi connectivity index (χ4n) is 2.45. The molecule has 2 heteroatoms. The van der Waals surface area contributed by atoms with Crippen LogP contribution in [0.25, 0.3) is 0 Å². The van der Waals surface area contributed by atoms with E-state index in [1.807, 2.05) is 0 Å². The zero-order valence-electron chi connectivity index (χ0n) is 6.51. The van der Waals surface area contributed by atoms with Gasteiger partial charge in [-0.05, 0) is 37.2 Å². The molecule has 0 aromatic carbocycles. The minimum Gasteiger partial charge on any atom is -0.190 e. The second kappa shape index (κ2) is 1.87. The molecular formula is C9H12O2. The summed E-state index contributed by atoms with van der Waals surface area (Å²) in [5.41, 5.74) is 1.45. The maximum atomic E-state index is 5.06. The first kappa shape index (κ1) is 6.21. The summed E-state index contributed by atoms with van der Waals surface area (Å²) in [6, 6.07) is 0.